The Morgan fingerprint density at radius 2 is 1.93 bits per heavy atom. The Bertz CT molecular complexity index is 1110. The Labute approximate surface area is 168 Å². The molecule has 0 fully saturated rings. The van der Waals surface area contributed by atoms with Gasteiger partial charge in [-0.3, -0.25) is 9.59 Å². The maximum atomic E-state index is 14.1. The topological polar surface area (TPSA) is 55.4 Å². The summed E-state index contributed by atoms with van der Waals surface area (Å²) in [6.07, 6.45) is 0.262. The third kappa shape index (κ3) is 3.73. The van der Waals surface area contributed by atoms with Crippen LogP contribution in [-0.4, -0.2) is 18.3 Å². The van der Waals surface area contributed by atoms with Crippen LogP contribution in [-0.2, 0) is 4.79 Å². The molecule has 0 aromatic heterocycles. The Balaban J connectivity index is 1.43. The Hall–Kier alpha value is -3.21. The van der Waals surface area contributed by atoms with Crippen LogP contribution < -0.4 is 10.1 Å². The molecule has 0 spiro atoms. The number of fused-ring (bicyclic) bond motifs is 2. The maximum absolute atomic E-state index is 14.1. The number of halogens is 1. The van der Waals surface area contributed by atoms with E-state index in [1.54, 1.807) is 0 Å². The number of carbonyl (C=O) groups is 2. The smallest absolute Gasteiger partial charge is 0.258 e. The van der Waals surface area contributed by atoms with Crippen LogP contribution in [0.3, 0.4) is 0 Å². The predicted octanol–water partition coefficient (Wildman–Crippen LogP) is 4.93. The van der Waals surface area contributed by atoms with Gasteiger partial charge in [-0.15, -0.1) is 0 Å². The van der Waals surface area contributed by atoms with Crippen LogP contribution in [0.25, 0.3) is 10.8 Å². The van der Waals surface area contributed by atoms with Crippen molar-refractivity contribution in [1.82, 2.24) is 5.32 Å². The van der Waals surface area contributed by atoms with Crippen LogP contribution in [0.15, 0.2) is 54.6 Å². The lowest BCUT2D eigenvalue weighted by atomic mass is 10.0. The van der Waals surface area contributed by atoms with Gasteiger partial charge in [-0.05, 0) is 47.4 Å². The van der Waals surface area contributed by atoms with E-state index in [2.05, 4.69) is 5.32 Å². The van der Waals surface area contributed by atoms with E-state index in [9.17, 15) is 14.0 Å². The summed E-state index contributed by atoms with van der Waals surface area (Å²) in [6, 6.07) is 16.6. The summed E-state index contributed by atoms with van der Waals surface area (Å²) in [7, 11) is 0. The van der Waals surface area contributed by atoms with Crippen LogP contribution in [0.2, 0.25) is 0 Å². The first kappa shape index (κ1) is 19.1. The zero-order valence-electron chi connectivity index (χ0n) is 16.4. The first-order chi connectivity index (χ1) is 13.9. The molecule has 2 atom stereocenters. The summed E-state index contributed by atoms with van der Waals surface area (Å²) in [5.74, 6) is -0.763. The number of ketones is 1. The highest BCUT2D eigenvalue weighted by Crippen LogP contribution is 2.39. The normalized spacial score (nSPS) is 16.5. The molecule has 1 aliphatic carbocycles. The molecule has 4 rings (SSSR count). The molecule has 4 nitrogen and oxygen atoms in total. The van der Waals surface area contributed by atoms with Gasteiger partial charge in [-0.2, -0.15) is 0 Å². The summed E-state index contributed by atoms with van der Waals surface area (Å²) in [5.41, 5.74) is 1.65. The molecule has 0 aliphatic heterocycles. The van der Waals surface area contributed by atoms with Crippen molar-refractivity contribution >= 4 is 22.5 Å². The monoisotopic (exact) mass is 391 g/mol. The number of ether oxygens (including phenoxy) is 1. The van der Waals surface area contributed by atoms with Crippen molar-refractivity contribution in [2.45, 2.75) is 32.2 Å². The summed E-state index contributed by atoms with van der Waals surface area (Å²) in [4.78, 5) is 24.6. The third-order valence-electron chi connectivity index (χ3n) is 5.43. The Kier molecular flexibility index (Phi) is 5.05. The fourth-order valence-corrected chi connectivity index (χ4v) is 3.93. The van der Waals surface area contributed by atoms with Crippen molar-refractivity contribution in [3.05, 3.63) is 77.1 Å². The lowest BCUT2D eigenvalue weighted by Crippen LogP contribution is -2.31. The van der Waals surface area contributed by atoms with Gasteiger partial charge in [0.2, 0.25) is 0 Å². The molecule has 3 aromatic rings. The first-order valence-corrected chi connectivity index (χ1v) is 9.70. The average molecular weight is 391 g/mol. The van der Waals surface area contributed by atoms with Crippen molar-refractivity contribution < 1.29 is 18.7 Å². The summed E-state index contributed by atoms with van der Waals surface area (Å²) in [6.45, 7) is 3.48. The van der Waals surface area contributed by atoms with Gasteiger partial charge >= 0.3 is 0 Å². The predicted molar refractivity (Wildman–Crippen MR) is 110 cm³/mol. The van der Waals surface area contributed by atoms with Gasteiger partial charge < -0.3 is 10.1 Å². The van der Waals surface area contributed by atoms with E-state index < -0.39 is 5.82 Å². The molecule has 0 bridgehead atoms. The van der Waals surface area contributed by atoms with Gasteiger partial charge in [0, 0.05) is 12.0 Å². The number of hydrogen-bond donors (Lipinski definition) is 1. The van der Waals surface area contributed by atoms with Gasteiger partial charge in [-0.1, -0.05) is 43.3 Å². The van der Waals surface area contributed by atoms with Crippen molar-refractivity contribution in [1.29, 1.82) is 0 Å². The fraction of sp³-hybridized carbons (Fsp3) is 0.250. The van der Waals surface area contributed by atoms with Crippen LogP contribution in [0.4, 0.5) is 4.39 Å². The van der Waals surface area contributed by atoms with Gasteiger partial charge in [0.15, 0.2) is 12.4 Å². The second kappa shape index (κ2) is 7.66. The molecule has 0 saturated heterocycles. The average Bonchev–Trinajstić information content (AvgIpc) is 3.02. The summed E-state index contributed by atoms with van der Waals surface area (Å²) in [5, 5.41) is 5.16. The number of benzene rings is 3. The number of hydrogen-bond acceptors (Lipinski definition) is 3. The minimum atomic E-state index is -0.403. The highest BCUT2D eigenvalue weighted by Gasteiger charge is 2.32. The van der Waals surface area contributed by atoms with Gasteiger partial charge in [0.25, 0.3) is 5.91 Å². The summed E-state index contributed by atoms with van der Waals surface area (Å²) < 4.78 is 19.7. The zero-order valence-corrected chi connectivity index (χ0v) is 16.4. The lowest BCUT2D eigenvalue weighted by Gasteiger charge is -2.16. The maximum Gasteiger partial charge on any atom is 0.258 e. The van der Waals surface area contributed by atoms with E-state index >= 15 is 0 Å². The van der Waals surface area contributed by atoms with Crippen molar-refractivity contribution in [2.24, 2.45) is 0 Å². The largest absolute Gasteiger partial charge is 0.483 e. The van der Waals surface area contributed by atoms with Crippen molar-refractivity contribution in [3.63, 3.8) is 0 Å². The first-order valence-electron chi connectivity index (χ1n) is 9.70. The van der Waals surface area contributed by atoms with Crippen LogP contribution in [0.5, 0.6) is 5.75 Å². The third-order valence-corrected chi connectivity index (χ3v) is 5.43. The molecule has 29 heavy (non-hydrogen) atoms. The summed E-state index contributed by atoms with van der Waals surface area (Å²) >= 11 is 0. The second-order valence-electron chi connectivity index (χ2n) is 7.55. The number of carbonyl (C=O) groups excluding carboxylic acids is 2. The molecular formula is C24H22FNO3. The molecule has 0 saturated carbocycles. The van der Waals surface area contributed by atoms with Crippen LogP contribution in [0.1, 0.15) is 53.7 Å². The standard InChI is InChI=1S/C24H22FNO3/c1-14-11-20(27)24-21(10-9-19(25)23(14)24)29-13-22(28)26-15(2)17-8-7-16-5-3-4-6-18(16)12-17/h3-10,12,14-15H,11,13H2,1-2H3,(H,26,28)/t14-,15+/m0/s1. The number of Topliss-reactive ketones (excluding diaryl/α,β-unsaturated/α-hetero) is 1. The number of rotatable bonds is 5. The zero-order chi connectivity index (χ0) is 20.5. The second-order valence-corrected chi connectivity index (χ2v) is 7.55. The number of nitrogens with one attached hydrogen (secondary N) is 1. The highest BCUT2D eigenvalue weighted by molar-refractivity contribution is 6.03. The number of amides is 1. The molecule has 0 unspecified atom stereocenters. The SMILES string of the molecule is C[C@H]1CC(=O)c2c(OCC(=O)N[C@H](C)c3ccc4ccccc4c3)ccc(F)c21. The molecule has 148 valence electrons. The van der Waals surface area contributed by atoms with Crippen molar-refractivity contribution in [3.8, 4) is 5.75 Å². The van der Waals surface area contributed by atoms with E-state index in [0.717, 1.165) is 16.3 Å². The fourth-order valence-electron chi connectivity index (χ4n) is 3.93. The lowest BCUT2D eigenvalue weighted by molar-refractivity contribution is -0.123. The molecule has 1 aliphatic rings. The Morgan fingerprint density at radius 3 is 2.72 bits per heavy atom. The Morgan fingerprint density at radius 1 is 1.17 bits per heavy atom. The van der Waals surface area contributed by atoms with Gasteiger partial charge in [0.05, 0.1) is 11.6 Å². The van der Waals surface area contributed by atoms with E-state index in [1.807, 2.05) is 56.3 Å². The molecule has 0 radical (unpaired) electrons. The van der Waals surface area contributed by atoms with E-state index in [-0.39, 0.29) is 48.0 Å². The quantitative estimate of drug-likeness (QED) is 0.671. The van der Waals surface area contributed by atoms with Crippen LogP contribution in [0, 0.1) is 5.82 Å². The van der Waals surface area contributed by atoms with Crippen molar-refractivity contribution in [2.75, 3.05) is 6.61 Å². The molecule has 1 amide bonds. The molecule has 1 N–H and O–H groups in total. The minimum absolute atomic E-state index is 0.146. The van der Waals surface area contributed by atoms with Crippen LogP contribution >= 0.6 is 0 Å². The molecule has 3 aromatic carbocycles. The highest BCUT2D eigenvalue weighted by atomic mass is 19.1. The van der Waals surface area contributed by atoms with E-state index in [1.165, 1.54) is 12.1 Å². The van der Waals surface area contributed by atoms with Gasteiger partial charge in [-0.25, -0.2) is 4.39 Å². The van der Waals surface area contributed by atoms with E-state index in [0.29, 0.717) is 5.56 Å². The minimum Gasteiger partial charge on any atom is -0.483 e. The van der Waals surface area contributed by atoms with E-state index in [4.69, 9.17) is 4.74 Å². The molecule has 0 heterocycles. The molecular weight excluding hydrogens is 369 g/mol. The van der Waals surface area contributed by atoms with Gasteiger partial charge in [0.1, 0.15) is 11.6 Å². The molecule has 5 heteroatoms.